The molecule has 0 saturated carbocycles. The van der Waals surface area contributed by atoms with Gasteiger partial charge in [-0.25, -0.2) is 4.98 Å². The van der Waals surface area contributed by atoms with Crippen LogP contribution >= 0.6 is 0 Å². The number of nitrogens with zero attached hydrogens (tertiary/aromatic N) is 2. The topological polar surface area (TPSA) is 83.8 Å². The molecule has 0 aliphatic rings. The van der Waals surface area contributed by atoms with Crippen molar-refractivity contribution in [2.75, 3.05) is 6.54 Å². The molecule has 2 atom stereocenters. The van der Waals surface area contributed by atoms with Gasteiger partial charge in [0.25, 0.3) is 0 Å². The number of rotatable bonds is 3. The molecule has 0 aliphatic carbocycles. The molecule has 0 amide bonds. The Hall–Kier alpha value is -1.43. The number of hydrogen-bond donors (Lipinski definition) is 3. The third-order valence-corrected chi connectivity index (χ3v) is 2.35. The Morgan fingerprint density at radius 1 is 1.40 bits per heavy atom. The predicted molar refractivity (Wildman–Crippen MR) is 55.2 cm³/mol. The molecule has 0 aromatic carbocycles. The van der Waals surface area contributed by atoms with Gasteiger partial charge < -0.3 is 20.3 Å². The molecular weight excluding hydrogens is 194 g/mol. The van der Waals surface area contributed by atoms with Crippen LogP contribution in [0.25, 0.3) is 5.65 Å². The maximum atomic E-state index is 9.79. The maximum Gasteiger partial charge on any atom is 0.136 e. The summed E-state index contributed by atoms with van der Waals surface area (Å²) in [5.41, 5.74) is 6.56. The van der Waals surface area contributed by atoms with Crippen molar-refractivity contribution in [1.29, 1.82) is 0 Å². The summed E-state index contributed by atoms with van der Waals surface area (Å²) >= 11 is 0. The van der Waals surface area contributed by atoms with Crippen LogP contribution in [0.3, 0.4) is 0 Å². The first-order valence-corrected chi connectivity index (χ1v) is 4.72. The predicted octanol–water partition coefficient (Wildman–Crippen LogP) is -0.313. The van der Waals surface area contributed by atoms with Crippen LogP contribution in [0.5, 0.6) is 0 Å². The van der Waals surface area contributed by atoms with Crippen molar-refractivity contribution in [3.05, 3.63) is 36.3 Å². The van der Waals surface area contributed by atoms with E-state index in [0.29, 0.717) is 5.69 Å². The monoisotopic (exact) mass is 207 g/mol. The summed E-state index contributed by atoms with van der Waals surface area (Å²) in [5, 5.41) is 19.2. The zero-order chi connectivity index (χ0) is 10.8. The first-order valence-electron chi connectivity index (χ1n) is 4.72. The Morgan fingerprint density at radius 3 is 2.93 bits per heavy atom. The molecule has 2 aromatic heterocycles. The molecule has 2 unspecified atom stereocenters. The highest BCUT2D eigenvalue weighted by Crippen LogP contribution is 2.17. The molecule has 2 aromatic rings. The molecule has 5 nitrogen and oxygen atoms in total. The highest BCUT2D eigenvalue weighted by Gasteiger charge is 2.20. The van der Waals surface area contributed by atoms with Crippen molar-refractivity contribution in [3.8, 4) is 0 Å². The number of nitrogens with two attached hydrogens (primary N) is 1. The average Bonchev–Trinajstić information content (AvgIpc) is 2.70. The molecule has 0 saturated heterocycles. The summed E-state index contributed by atoms with van der Waals surface area (Å²) < 4.78 is 1.73. The summed E-state index contributed by atoms with van der Waals surface area (Å²) in [6.45, 7) is 0.0151. The molecule has 0 radical (unpaired) electrons. The van der Waals surface area contributed by atoms with Gasteiger partial charge in [-0.05, 0) is 12.1 Å². The van der Waals surface area contributed by atoms with E-state index in [-0.39, 0.29) is 6.54 Å². The van der Waals surface area contributed by atoms with Crippen LogP contribution < -0.4 is 5.73 Å². The van der Waals surface area contributed by atoms with Gasteiger partial charge in [-0.2, -0.15) is 0 Å². The van der Waals surface area contributed by atoms with E-state index in [4.69, 9.17) is 5.73 Å². The summed E-state index contributed by atoms with van der Waals surface area (Å²) in [4.78, 5) is 4.11. The minimum Gasteiger partial charge on any atom is -0.389 e. The normalized spacial score (nSPS) is 15.4. The smallest absolute Gasteiger partial charge is 0.136 e. The average molecular weight is 207 g/mol. The molecule has 0 spiro atoms. The van der Waals surface area contributed by atoms with Gasteiger partial charge in [-0.1, -0.05) is 6.07 Å². The van der Waals surface area contributed by atoms with Crippen molar-refractivity contribution in [2.45, 2.75) is 12.2 Å². The van der Waals surface area contributed by atoms with Crippen molar-refractivity contribution >= 4 is 5.65 Å². The molecule has 80 valence electrons. The van der Waals surface area contributed by atoms with Gasteiger partial charge >= 0.3 is 0 Å². The van der Waals surface area contributed by atoms with E-state index >= 15 is 0 Å². The van der Waals surface area contributed by atoms with Gasteiger partial charge in [0.05, 0.1) is 18.0 Å². The number of fused-ring (bicyclic) bond motifs is 1. The summed E-state index contributed by atoms with van der Waals surface area (Å²) in [5.74, 6) is 0. The van der Waals surface area contributed by atoms with E-state index < -0.39 is 12.2 Å². The quantitative estimate of drug-likeness (QED) is 0.644. The van der Waals surface area contributed by atoms with Crippen molar-refractivity contribution in [1.82, 2.24) is 9.38 Å². The molecule has 2 heterocycles. The van der Waals surface area contributed by atoms with E-state index in [2.05, 4.69) is 4.98 Å². The van der Waals surface area contributed by atoms with E-state index in [1.807, 2.05) is 18.2 Å². The van der Waals surface area contributed by atoms with Crippen molar-refractivity contribution in [2.24, 2.45) is 5.73 Å². The SMILES string of the molecule is NCC(O)C(O)c1cnc2ccccn12. The third-order valence-electron chi connectivity index (χ3n) is 2.35. The first-order chi connectivity index (χ1) is 7.24. The third kappa shape index (κ3) is 1.72. The zero-order valence-corrected chi connectivity index (χ0v) is 8.11. The molecule has 4 N–H and O–H groups in total. The van der Waals surface area contributed by atoms with E-state index in [1.54, 1.807) is 16.8 Å². The van der Waals surface area contributed by atoms with Crippen LogP contribution in [0.1, 0.15) is 11.8 Å². The lowest BCUT2D eigenvalue weighted by atomic mass is 10.1. The molecule has 2 rings (SSSR count). The van der Waals surface area contributed by atoms with Crippen molar-refractivity contribution in [3.63, 3.8) is 0 Å². The Balaban J connectivity index is 2.43. The number of pyridine rings is 1. The van der Waals surface area contributed by atoms with E-state index in [0.717, 1.165) is 5.65 Å². The lowest BCUT2D eigenvalue weighted by Crippen LogP contribution is -2.27. The fraction of sp³-hybridized carbons (Fsp3) is 0.300. The highest BCUT2D eigenvalue weighted by atomic mass is 16.3. The number of imidazole rings is 1. The summed E-state index contributed by atoms with van der Waals surface area (Å²) in [6.07, 6.45) is 1.35. The molecule has 15 heavy (non-hydrogen) atoms. The minimum atomic E-state index is -1.01. The van der Waals surface area contributed by atoms with Gasteiger partial charge in [0.1, 0.15) is 11.8 Å². The van der Waals surface area contributed by atoms with Crippen LogP contribution in [-0.2, 0) is 0 Å². The van der Waals surface area contributed by atoms with Gasteiger partial charge in [0.2, 0.25) is 0 Å². The van der Waals surface area contributed by atoms with Gasteiger partial charge in [0.15, 0.2) is 0 Å². The summed E-state index contributed by atoms with van der Waals surface area (Å²) in [6, 6.07) is 5.52. The van der Waals surface area contributed by atoms with Crippen LogP contribution in [0.4, 0.5) is 0 Å². The number of aliphatic hydroxyl groups is 2. The molecule has 0 bridgehead atoms. The standard InChI is InChI=1S/C10H13N3O2/c11-5-8(14)10(15)7-6-12-9-3-1-2-4-13(7)9/h1-4,6,8,10,14-15H,5,11H2. The zero-order valence-electron chi connectivity index (χ0n) is 8.11. The maximum absolute atomic E-state index is 9.79. The van der Waals surface area contributed by atoms with Gasteiger partial charge in [-0.15, -0.1) is 0 Å². The lowest BCUT2D eigenvalue weighted by molar-refractivity contribution is 0.0212. The number of aliphatic hydroxyl groups excluding tert-OH is 2. The molecule has 5 heteroatoms. The second-order valence-corrected chi connectivity index (χ2v) is 3.36. The summed E-state index contributed by atoms with van der Waals surface area (Å²) in [7, 11) is 0. The fourth-order valence-electron chi connectivity index (χ4n) is 1.50. The first kappa shape index (κ1) is 10.1. The molecule has 0 aliphatic heterocycles. The van der Waals surface area contributed by atoms with Gasteiger partial charge in [-0.3, -0.25) is 0 Å². The lowest BCUT2D eigenvalue weighted by Gasteiger charge is -2.15. The van der Waals surface area contributed by atoms with Crippen molar-refractivity contribution < 1.29 is 10.2 Å². The van der Waals surface area contributed by atoms with Gasteiger partial charge in [0, 0.05) is 12.7 Å². The Labute approximate surface area is 86.8 Å². The largest absolute Gasteiger partial charge is 0.389 e. The number of hydrogen-bond acceptors (Lipinski definition) is 4. The Kier molecular flexibility index (Phi) is 2.68. The Bertz CT molecular complexity index is 455. The Morgan fingerprint density at radius 2 is 2.20 bits per heavy atom. The van der Waals surface area contributed by atoms with E-state index in [9.17, 15) is 10.2 Å². The van der Waals surface area contributed by atoms with E-state index in [1.165, 1.54) is 0 Å². The van der Waals surface area contributed by atoms with Crippen LogP contribution in [0.15, 0.2) is 30.6 Å². The minimum absolute atomic E-state index is 0.0151. The second kappa shape index (κ2) is 3.98. The van der Waals surface area contributed by atoms with Crippen LogP contribution in [0.2, 0.25) is 0 Å². The molecular formula is C10H13N3O2. The number of aromatic nitrogens is 2. The second-order valence-electron chi connectivity index (χ2n) is 3.36. The molecule has 0 fully saturated rings. The van der Waals surface area contributed by atoms with Crippen LogP contribution in [0, 0.1) is 0 Å². The fourth-order valence-corrected chi connectivity index (χ4v) is 1.50. The highest BCUT2D eigenvalue weighted by molar-refractivity contribution is 5.40. The van der Waals surface area contributed by atoms with Crippen LogP contribution in [-0.4, -0.2) is 32.2 Å².